The molecule has 7 heteroatoms. The number of benzene rings is 3. The van der Waals surface area contributed by atoms with Gasteiger partial charge in [-0.15, -0.1) is 0 Å². The highest BCUT2D eigenvalue weighted by Crippen LogP contribution is 2.44. The maximum absolute atomic E-state index is 12.8. The highest BCUT2D eigenvalue weighted by atomic mass is 16.5. The molecule has 0 saturated carbocycles. The summed E-state index contributed by atoms with van der Waals surface area (Å²) in [7, 11) is 0. The van der Waals surface area contributed by atoms with Crippen molar-refractivity contribution < 1.29 is 24.2 Å². The summed E-state index contributed by atoms with van der Waals surface area (Å²) in [6.07, 6.45) is -0.340. The van der Waals surface area contributed by atoms with Crippen molar-refractivity contribution in [1.29, 1.82) is 0 Å². The number of ether oxygens (including phenoxy) is 1. The van der Waals surface area contributed by atoms with Crippen LogP contribution >= 0.6 is 0 Å². The molecule has 174 valence electrons. The van der Waals surface area contributed by atoms with Gasteiger partial charge in [-0.2, -0.15) is 0 Å². The number of aromatic carboxylic acids is 1. The van der Waals surface area contributed by atoms with Gasteiger partial charge in [-0.3, -0.25) is 4.79 Å². The lowest BCUT2D eigenvalue weighted by Gasteiger charge is -2.19. The predicted molar refractivity (Wildman–Crippen MR) is 129 cm³/mol. The van der Waals surface area contributed by atoms with E-state index in [1.54, 1.807) is 19.9 Å². The Kier molecular flexibility index (Phi) is 6.63. The van der Waals surface area contributed by atoms with Gasteiger partial charge in [0.25, 0.3) is 0 Å². The normalized spacial score (nSPS) is 12.9. The van der Waals surface area contributed by atoms with Crippen LogP contribution in [0.2, 0.25) is 0 Å². The van der Waals surface area contributed by atoms with Crippen molar-refractivity contribution in [3.05, 3.63) is 89.0 Å². The van der Waals surface area contributed by atoms with Gasteiger partial charge in [-0.1, -0.05) is 61.5 Å². The molecule has 2 amide bonds. The van der Waals surface area contributed by atoms with E-state index in [0.717, 1.165) is 22.3 Å². The number of alkyl carbamates (subject to hydrolysis) is 1. The van der Waals surface area contributed by atoms with Crippen molar-refractivity contribution in [3.8, 4) is 11.1 Å². The molecule has 0 saturated heterocycles. The minimum Gasteiger partial charge on any atom is -0.478 e. The van der Waals surface area contributed by atoms with Gasteiger partial charge in [0.1, 0.15) is 12.6 Å². The topological polar surface area (TPSA) is 105 Å². The van der Waals surface area contributed by atoms with Crippen LogP contribution < -0.4 is 10.6 Å². The van der Waals surface area contributed by atoms with Crippen LogP contribution in [-0.4, -0.2) is 35.7 Å². The molecule has 0 aromatic heterocycles. The third-order valence-electron chi connectivity index (χ3n) is 6.10. The standard InChI is InChI=1S/C27H26N2O5/c1-3-23(25(30)28-24-14-17(26(31)32)13-12-16(24)2)29-27(33)34-15-22-20-10-6-4-8-18(20)19-9-5-7-11-21(19)22/h4-14,22-23H,3,15H2,1-2H3,(H,28,30)(H,29,33)(H,31,32)/t23-/m0/s1. The van der Waals surface area contributed by atoms with Gasteiger partial charge >= 0.3 is 12.1 Å². The molecular formula is C27H26N2O5. The summed E-state index contributed by atoms with van der Waals surface area (Å²) in [4.78, 5) is 36.6. The van der Waals surface area contributed by atoms with Crippen molar-refractivity contribution in [2.45, 2.75) is 32.2 Å². The molecule has 4 rings (SSSR count). The second kappa shape index (κ2) is 9.79. The number of hydrogen-bond acceptors (Lipinski definition) is 4. The van der Waals surface area contributed by atoms with Gasteiger partial charge in [0.2, 0.25) is 5.91 Å². The van der Waals surface area contributed by atoms with Crippen LogP contribution in [0.15, 0.2) is 66.7 Å². The molecule has 0 heterocycles. The highest BCUT2D eigenvalue weighted by Gasteiger charge is 2.29. The molecule has 0 radical (unpaired) electrons. The number of anilines is 1. The van der Waals surface area contributed by atoms with E-state index >= 15 is 0 Å². The Hall–Kier alpha value is -4.13. The maximum atomic E-state index is 12.8. The predicted octanol–water partition coefficient (Wildman–Crippen LogP) is 4.95. The fraction of sp³-hybridized carbons (Fsp3) is 0.222. The first kappa shape index (κ1) is 23.0. The molecule has 3 N–H and O–H groups in total. The van der Waals surface area contributed by atoms with Crippen LogP contribution in [0.4, 0.5) is 10.5 Å². The monoisotopic (exact) mass is 458 g/mol. The quantitative estimate of drug-likeness (QED) is 0.465. The Labute approximate surface area is 197 Å². The number of carboxylic acids is 1. The minimum absolute atomic E-state index is 0.0680. The Balaban J connectivity index is 1.40. The summed E-state index contributed by atoms with van der Waals surface area (Å²) >= 11 is 0. The van der Waals surface area contributed by atoms with Crippen molar-refractivity contribution in [2.24, 2.45) is 0 Å². The van der Waals surface area contributed by atoms with E-state index in [-0.39, 0.29) is 18.1 Å². The fourth-order valence-electron chi connectivity index (χ4n) is 4.24. The molecule has 3 aromatic rings. The molecule has 0 unspecified atom stereocenters. The summed E-state index contributed by atoms with van der Waals surface area (Å²) in [5.74, 6) is -1.60. The number of carbonyl (C=O) groups is 3. The average molecular weight is 459 g/mol. The van der Waals surface area contributed by atoms with Gasteiger partial charge < -0.3 is 20.5 Å². The van der Waals surface area contributed by atoms with Gasteiger partial charge in [0, 0.05) is 11.6 Å². The number of amides is 2. The molecule has 0 bridgehead atoms. The lowest BCUT2D eigenvalue weighted by Crippen LogP contribution is -2.44. The highest BCUT2D eigenvalue weighted by molar-refractivity contribution is 5.98. The van der Waals surface area contributed by atoms with Crippen LogP contribution in [0.1, 0.15) is 46.3 Å². The molecule has 1 atom stereocenters. The van der Waals surface area contributed by atoms with Crippen molar-refractivity contribution in [3.63, 3.8) is 0 Å². The lowest BCUT2D eigenvalue weighted by molar-refractivity contribution is -0.118. The Morgan fingerprint density at radius 3 is 2.18 bits per heavy atom. The summed E-state index contributed by atoms with van der Waals surface area (Å²) in [5, 5.41) is 14.5. The number of aryl methyl sites for hydroxylation is 1. The zero-order valence-electron chi connectivity index (χ0n) is 19.0. The third kappa shape index (κ3) is 4.64. The number of hydrogen-bond donors (Lipinski definition) is 3. The van der Waals surface area contributed by atoms with E-state index in [4.69, 9.17) is 4.74 Å². The van der Waals surface area contributed by atoms with Crippen LogP contribution in [0, 0.1) is 6.92 Å². The van der Waals surface area contributed by atoms with E-state index in [9.17, 15) is 19.5 Å². The molecule has 3 aromatic carbocycles. The Bertz CT molecular complexity index is 1210. The number of fused-ring (bicyclic) bond motifs is 3. The number of nitrogens with one attached hydrogen (secondary N) is 2. The number of rotatable bonds is 7. The van der Waals surface area contributed by atoms with Crippen molar-refractivity contribution in [2.75, 3.05) is 11.9 Å². The molecule has 7 nitrogen and oxygen atoms in total. The molecule has 34 heavy (non-hydrogen) atoms. The first-order valence-electron chi connectivity index (χ1n) is 11.1. The molecule has 1 aliphatic carbocycles. The van der Waals surface area contributed by atoms with Gasteiger partial charge in [0.15, 0.2) is 0 Å². The number of carbonyl (C=O) groups excluding carboxylic acids is 2. The van der Waals surface area contributed by atoms with E-state index < -0.39 is 24.0 Å². The molecule has 0 fully saturated rings. The fourth-order valence-corrected chi connectivity index (χ4v) is 4.24. The SMILES string of the molecule is CC[C@H](NC(=O)OCC1c2ccccc2-c2ccccc21)C(=O)Nc1cc(C(=O)O)ccc1C. The van der Waals surface area contributed by atoms with Crippen molar-refractivity contribution >= 4 is 23.7 Å². The maximum Gasteiger partial charge on any atom is 0.407 e. The molecule has 0 aliphatic heterocycles. The molecule has 1 aliphatic rings. The zero-order chi connectivity index (χ0) is 24.2. The summed E-state index contributed by atoms with van der Waals surface area (Å²) < 4.78 is 5.54. The van der Waals surface area contributed by atoms with E-state index in [1.165, 1.54) is 12.1 Å². The van der Waals surface area contributed by atoms with Gasteiger partial charge in [-0.05, 0) is 53.3 Å². The Morgan fingerprint density at radius 1 is 0.971 bits per heavy atom. The van der Waals surface area contributed by atoms with Gasteiger partial charge in [-0.25, -0.2) is 9.59 Å². The van der Waals surface area contributed by atoms with Crippen LogP contribution in [0.3, 0.4) is 0 Å². The molecular weight excluding hydrogens is 432 g/mol. The summed E-state index contributed by atoms with van der Waals surface area (Å²) in [6.45, 7) is 3.69. The summed E-state index contributed by atoms with van der Waals surface area (Å²) in [6, 6.07) is 19.8. The second-order valence-corrected chi connectivity index (χ2v) is 8.25. The van der Waals surface area contributed by atoms with Crippen LogP contribution in [-0.2, 0) is 9.53 Å². The number of carboxylic acid groups (broad SMARTS) is 1. The van der Waals surface area contributed by atoms with E-state index in [2.05, 4.69) is 22.8 Å². The van der Waals surface area contributed by atoms with Gasteiger partial charge in [0.05, 0.1) is 5.56 Å². The van der Waals surface area contributed by atoms with E-state index in [0.29, 0.717) is 17.7 Å². The first-order valence-corrected chi connectivity index (χ1v) is 11.1. The summed E-state index contributed by atoms with van der Waals surface area (Å²) in [5.41, 5.74) is 5.66. The smallest absolute Gasteiger partial charge is 0.407 e. The second-order valence-electron chi connectivity index (χ2n) is 8.25. The first-order chi connectivity index (χ1) is 16.4. The van der Waals surface area contributed by atoms with E-state index in [1.807, 2.05) is 36.4 Å². The largest absolute Gasteiger partial charge is 0.478 e. The minimum atomic E-state index is -1.08. The van der Waals surface area contributed by atoms with Crippen LogP contribution in [0.25, 0.3) is 11.1 Å². The Morgan fingerprint density at radius 2 is 1.59 bits per heavy atom. The zero-order valence-corrected chi connectivity index (χ0v) is 19.0. The third-order valence-corrected chi connectivity index (χ3v) is 6.10. The van der Waals surface area contributed by atoms with Crippen molar-refractivity contribution in [1.82, 2.24) is 5.32 Å². The molecule has 0 spiro atoms. The average Bonchev–Trinajstić information content (AvgIpc) is 3.16. The van der Waals surface area contributed by atoms with Crippen LogP contribution in [0.5, 0.6) is 0 Å². The lowest BCUT2D eigenvalue weighted by atomic mass is 9.98.